The number of likely N-dealkylation sites (N-methyl/N-ethyl adjacent to an activating group) is 1. The maximum atomic E-state index is 14.2. The van der Waals surface area contributed by atoms with E-state index in [1.807, 2.05) is 32.8 Å². The van der Waals surface area contributed by atoms with Crippen LogP contribution in [0.2, 0.25) is 0 Å². The second-order valence-electron chi connectivity index (χ2n) is 14.8. The summed E-state index contributed by atoms with van der Waals surface area (Å²) in [6, 6.07) is -0.200. The van der Waals surface area contributed by atoms with Gasteiger partial charge in [0.2, 0.25) is 0 Å². The van der Waals surface area contributed by atoms with Crippen LogP contribution in [0, 0.1) is 17.3 Å². The molecule has 47 heavy (non-hydrogen) atoms. The van der Waals surface area contributed by atoms with Gasteiger partial charge in [0, 0.05) is 31.7 Å². The van der Waals surface area contributed by atoms with Crippen LogP contribution in [0.3, 0.4) is 0 Å². The number of oxazole rings is 1. The molecule has 12 nitrogen and oxygen atoms in total. The summed E-state index contributed by atoms with van der Waals surface area (Å²) >= 11 is 0. The molecule has 0 radical (unpaired) electrons. The number of esters is 1. The first-order valence-electron chi connectivity index (χ1n) is 17.4. The van der Waals surface area contributed by atoms with Gasteiger partial charge in [-0.05, 0) is 92.9 Å². The Bertz CT molecular complexity index is 1100. The number of nitrogens with one attached hydrogen (secondary N) is 1. The number of cyclic esters (lactones) is 1. The van der Waals surface area contributed by atoms with Crippen LogP contribution in [-0.2, 0) is 35.1 Å². The first kappa shape index (κ1) is 39.5. The summed E-state index contributed by atoms with van der Waals surface area (Å²) in [6.07, 6.45) is 4.10. The number of hydrogen-bond acceptors (Lipinski definition) is 12. The van der Waals surface area contributed by atoms with Gasteiger partial charge in [0.1, 0.15) is 23.9 Å². The van der Waals surface area contributed by atoms with Crippen molar-refractivity contribution in [1.82, 2.24) is 20.1 Å². The van der Waals surface area contributed by atoms with E-state index in [0.717, 1.165) is 44.7 Å². The number of aliphatic hydroxyl groups excluding tert-OH is 1. The van der Waals surface area contributed by atoms with Crippen molar-refractivity contribution in [3.8, 4) is 0 Å². The maximum absolute atomic E-state index is 14.2. The highest BCUT2D eigenvalue weighted by molar-refractivity contribution is 6.04. The van der Waals surface area contributed by atoms with Crippen molar-refractivity contribution in [3.63, 3.8) is 0 Å². The fourth-order valence-corrected chi connectivity index (χ4v) is 7.31. The number of rotatable bonds is 12. The molecule has 1 aromatic rings. The van der Waals surface area contributed by atoms with Crippen LogP contribution >= 0.6 is 0 Å². The van der Waals surface area contributed by atoms with Gasteiger partial charge in [-0.25, -0.2) is 4.98 Å². The Balaban J connectivity index is 1.90. The fraction of sp³-hybridized carbons (Fsp3) is 0.857. The number of methoxy groups -OCH3 is 1. The number of carbonyl (C=O) groups excluding carboxylic acids is 2. The molecule has 270 valence electrons. The van der Waals surface area contributed by atoms with Crippen LogP contribution in [0.15, 0.2) is 17.0 Å². The van der Waals surface area contributed by atoms with E-state index in [-0.39, 0.29) is 36.5 Å². The molecule has 0 spiro atoms. The summed E-state index contributed by atoms with van der Waals surface area (Å²) in [5, 5.41) is 14.7. The lowest BCUT2D eigenvalue weighted by atomic mass is 9.74. The van der Waals surface area contributed by atoms with E-state index in [1.54, 1.807) is 34.1 Å². The van der Waals surface area contributed by atoms with E-state index < -0.39 is 41.4 Å². The summed E-state index contributed by atoms with van der Waals surface area (Å²) in [6.45, 7) is 16.4. The van der Waals surface area contributed by atoms with Crippen LogP contribution < -0.4 is 5.32 Å². The van der Waals surface area contributed by atoms with Crippen LogP contribution in [0.25, 0.3) is 0 Å². The van der Waals surface area contributed by atoms with E-state index in [9.17, 15) is 14.7 Å². The Hall–Kier alpha value is -1.93. The lowest BCUT2D eigenvalue weighted by Crippen LogP contribution is -2.59. The molecule has 2 N–H and O–H groups in total. The number of hydrogen-bond donors (Lipinski definition) is 2. The van der Waals surface area contributed by atoms with Gasteiger partial charge >= 0.3 is 5.97 Å². The molecular weight excluding hydrogens is 604 g/mol. The van der Waals surface area contributed by atoms with Crippen LogP contribution in [0.4, 0.5) is 0 Å². The Morgan fingerprint density at radius 2 is 1.91 bits per heavy atom. The third kappa shape index (κ3) is 10.3. The summed E-state index contributed by atoms with van der Waals surface area (Å²) < 4.78 is 30.4. The van der Waals surface area contributed by atoms with Crippen LogP contribution in [0.1, 0.15) is 86.3 Å². The summed E-state index contributed by atoms with van der Waals surface area (Å²) in [5.41, 5.74) is -2.36. The number of aliphatic hydroxyl groups is 1. The third-order valence-corrected chi connectivity index (χ3v) is 10.0. The molecule has 0 bridgehead atoms. The first-order chi connectivity index (χ1) is 22.1. The Kier molecular flexibility index (Phi) is 14.8. The quantitative estimate of drug-likeness (QED) is 0.192. The second-order valence-corrected chi connectivity index (χ2v) is 14.8. The number of ketones is 1. The van der Waals surface area contributed by atoms with Crippen LogP contribution in [-0.4, -0.2) is 121 Å². The van der Waals surface area contributed by atoms with Gasteiger partial charge < -0.3 is 38.7 Å². The zero-order chi connectivity index (χ0) is 34.9. The molecular formula is C35H62N4O8. The number of carbonyl (C=O) groups is 2. The van der Waals surface area contributed by atoms with E-state index in [2.05, 4.69) is 29.0 Å². The molecule has 9 atom stereocenters. The van der Waals surface area contributed by atoms with E-state index in [0.29, 0.717) is 19.4 Å². The monoisotopic (exact) mass is 666 g/mol. The minimum absolute atomic E-state index is 0.0198. The number of nitrogens with zero attached hydrogens (tertiary/aromatic N) is 3. The van der Waals surface area contributed by atoms with Crippen molar-refractivity contribution in [2.45, 2.75) is 129 Å². The lowest BCUT2D eigenvalue weighted by molar-refractivity contribution is -0.295. The molecule has 2 fully saturated rings. The highest BCUT2D eigenvalue weighted by Gasteiger charge is 2.51. The summed E-state index contributed by atoms with van der Waals surface area (Å²) in [4.78, 5) is 36.3. The van der Waals surface area contributed by atoms with Crippen molar-refractivity contribution >= 4 is 11.8 Å². The second kappa shape index (κ2) is 17.6. The minimum atomic E-state index is -1.43. The zero-order valence-electron chi connectivity index (χ0n) is 30.5. The van der Waals surface area contributed by atoms with Gasteiger partial charge in [0.05, 0.1) is 30.6 Å². The number of Topliss-reactive ketones (excluding diaryl/α,β-unsaturated/α-hetero) is 1. The van der Waals surface area contributed by atoms with Crippen molar-refractivity contribution in [2.75, 3.05) is 47.4 Å². The predicted octanol–water partition coefficient (Wildman–Crippen LogP) is 3.66. The molecule has 0 amide bonds. The third-order valence-electron chi connectivity index (χ3n) is 10.0. The lowest BCUT2D eigenvalue weighted by Gasteiger charge is -2.47. The SMILES string of the molecule is CCCN1C[C@H](C)C[C@@](C)(OC)[C@H](O[C@@H]2O[C@H](C)C[C@H](N(C)C)[C@H]2O)[C@@H](C)C(=O)C(C)(C)C(=O)OC[C@H]1CCCNCc1cnco1. The normalized spacial score (nSPS) is 34.8. The highest BCUT2D eigenvalue weighted by Crippen LogP contribution is 2.38. The van der Waals surface area contributed by atoms with Crippen LogP contribution in [0.5, 0.6) is 0 Å². The van der Waals surface area contributed by atoms with Crippen molar-refractivity contribution < 1.29 is 38.1 Å². The fourth-order valence-electron chi connectivity index (χ4n) is 7.31. The average Bonchev–Trinajstić information content (AvgIpc) is 3.54. The first-order valence-corrected chi connectivity index (χ1v) is 17.4. The molecule has 2 aliphatic heterocycles. The molecule has 3 rings (SSSR count). The molecule has 2 aliphatic rings. The number of ether oxygens (including phenoxy) is 4. The summed E-state index contributed by atoms with van der Waals surface area (Å²) in [7, 11) is 5.49. The Labute approximate surface area is 282 Å². The molecule has 0 unspecified atom stereocenters. The largest absolute Gasteiger partial charge is 0.463 e. The van der Waals surface area contributed by atoms with E-state index in [4.69, 9.17) is 23.4 Å². The van der Waals surface area contributed by atoms with Gasteiger partial charge in [-0.3, -0.25) is 14.5 Å². The molecule has 2 saturated heterocycles. The van der Waals surface area contributed by atoms with Gasteiger partial charge in [-0.2, -0.15) is 0 Å². The van der Waals surface area contributed by atoms with Crippen molar-refractivity contribution in [1.29, 1.82) is 0 Å². The molecule has 1 aromatic heterocycles. The molecule has 12 heteroatoms. The molecule has 0 saturated carbocycles. The topological polar surface area (TPSA) is 136 Å². The highest BCUT2D eigenvalue weighted by atomic mass is 16.7. The predicted molar refractivity (Wildman–Crippen MR) is 179 cm³/mol. The smallest absolute Gasteiger partial charge is 0.319 e. The van der Waals surface area contributed by atoms with Gasteiger partial charge in [-0.15, -0.1) is 0 Å². The van der Waals surface area contributed by atoms with E-state index >= 15 is 0 Å². The summed E-state index contributed by atoms with van der Waals surface area (Å²) in [5.74, 6) is -0.701. The van der Waals surface area contributed by atoms with Crippen molar-refractivity contribution in [2.24, 2.45) is 17.3 Å². The van der Waals surface area contributed by atoms with E-state index in [1.165, 1.54) is 6.39 Å². The molecule has 0 aromatic carbocycles. The molecule has 3 heterocycles. The molecule has 0 aliphatic carbocycles. The maximum Gasteiger partial charge on any atom is 0.319 e. The van der Waals surface area contributed by atoms with Crippen molar-refractivity contribution in [3.05, 3.63) is 18.4 Å². The van der Waals surface area contributed by atoms with Gasteiger partial charge in [0.25, 0.3) is 0 Å². The standard InChI is InChI=1S/C35H62N4O8/c1-11-15-39-20-23(2)17-35(7,43-10)31(47-32-29(40)28(38(8)9)16-24(3)46-32)25(4)30(41)34(5,6)33(42)44-21-26(39)13-12-14-36-18-27-19-37-22-45-27/h19,22-26,28-29,31-32,36,40H,11-18,20-21H2,1-10H3/t23-,24-,25+,26-,28+,29-,31-,32+,35-/m1/s1. The minimum Gasteiger partial charge on any atom is -0.463 e. The number of aromatic nitrogens is 1. The zero-order valence-corrected chi connectivity index (χ0v) is 30.5. The average molecular weight is 667 g/mol. The van der Waals surface area contributed by atoms with Gasteiger partial charge in [0.15, 0.2) is 18.5 Å². The Morgan fingerprint density at radius 1 is 1.19 bits per heavy atom. The van der Waals surface area contributed by atoms with Gasteiger partial charge in [-0.1, -0.05) is 20.8 Å². The Morgan fingerprint density at radius 3 is 2.53 bits per heavy atom.